The Morgan fingerprint density at radius 3 is 2.47 bits per heavy atom. The summed E-state index contributed by atoms with van der Waals surface area (Å²) < 4.78 is 2.35. The molecule has 0 saturated heterocycles. The van der Waals surface area contributed by atoms with Crippen LogP contribution in [0.4, 0.5) is 5.82 Å². The van der Waals surface area contributed by atoms with Crippen LogP contribution in [0.15, 0.2) is 53.5 Å². The first-order valence-electron chi connectivity index (χ1n) is 10.4. The topological polar surface area (TPSA) is 119 Å². The van der Waals surface area contributed by atoms with E-state index in [0.29, 0.717) is 24.3 Å². The fourth-order valence-corrected chi connectivity index (χ4v) is 4.93. The molecule has 32 heavy (non-hydrogen) atoms. The number of fused-ring (bicyclic) bond motifs is 1. The Morgan fingerprint density at radius 1 is 1.06 bits per heavy atom. The summed E-state index contributed by atoms with van der Waals surface area (Å²) in [5, 5.41) is 13.7. The van der Waals surface area contributed by atoms with Crippen molar-refractivity contribution in [2.45, 2.75) is 31.6 Å². The molecule has 0 amide bonds. The van der Waals surface area contributed by atoms with Gasteiger partial charge in [-0.15, -0.1) is 0 Å². The maximum Gasteiger partial charge on any atom is 0.306 e. The molecule has 4 heterocycles. The van der Waals surface area contributed by atoms with Crippen molar-refractivity contribution in [2.75, 3.05) is 5.73 Å². The van der Waals surface area contributed by atoms with Gasteiger partial charge in [0.2, 0.25) is 0 Å². The van der Waals surface area contributed by atoms with E-state index in [1.807, 2.05) is 30.5 Å². The summed E-state index contributed by atoms with van der Waals surface area (Å²) in [5.41, 5.74) is 11.5. The van der Waals surface area contributed by atoms with Crippen molar-refractivity contribution in [2.24, 2.45) is 5.92 Å². The zero-order valence-corrected chi connectivity index (χ0v) is 18.7. The predicted molar refractivity (Wildman–Crippen MR) is 124 cm³/mol. The Bertz CT molecular complexity index is 1280. The van der Waals surface area contributed by atoms with Crippen molar-refractivity contribution in [1.29, 1.82) is 0 Å². The molecular weight excluding hydrogens is 472 g/mol. The maximum absolute atomic E-state index is 11.3. The predicted octanol–water partition coefficient (Wildman–Crippen LogP) is 4.56. The number of hydrogen-bond acceptors (Lipinski definition) is 6. The number of rotatable bonds is 4. The molecule has 0 aliphatic heterocycles. The molecule has 162 valence electrons. The van der Waals surface area contributed by atoms with Crippen molar-refractivity contribution >= 4 is 33.4 Å². The summed E-state index contributed by atoms with van der Waals surface area (Å²) >= 11 is 3.60. The standard InChI is InChI=1S/C23H21BrN6O2/c24-19-20(14-1-3-15(4-2-14)23(31)32)29-22-17(12-28-30(22)21(19)25)16-5-6-18(27-11-16)13-7-9-26-10-8-13/h5-12,14-15H,1-4,25H2,(H,31,32). The van der Waals surface area contributed by atoms with Gasteiger partial charge in [0.1, 0.15) is 5.82 Å². The highest BCUT2D eigenvalue weighted by Gasteiger charge is 2.30. The van der Waals surface area contributed by atoms with Gasteiger partial charge in [-0.3, -0.25) is 14.8 Å². The highest BCUT2D eigenvalue weighted by Crippen LogP contribution is 2.40. The van der Waals surface area contributed by atoms with Crippen LogP contribution in [0.25, 0.3) is 28.0 Å². The van der Waals surface area contributed by atoms with Crippen LogP contribution in [0.1, 0.15) is 37.3 Å². The van der Waals surface area contributed by atoms with Crippen LogP contribution in [0.5, 0.6) is 0 Å². The lowest BCUT2D eigenvalue weighted by Gasteiger charge is -2.26. The largest absolute Gasteiger partial charge is 0.481 e. The minimum absolute atomic E-state index is 0.155. The van der Waals surface area contributed by atoms with E-state index in [0.717, 1.165) is 45.4 Å². The Morgan fingerprint density at radius 2 is 1.81 bits per heavy atom. The molecule has 1 saturated carbocycles. The van der Waals surface area contributed by atoms with Gasteiger partial charge in [0.25, 0.3) is 0 Å². The summed E-state index contributed by atoms with van der Waals surface area (Å²) in [4.78, 5) is 24.9. The van der Waals surface area contributed by atoms with Gasteiger partial charge in [0.15, 0.2) is 5.65 Å². The molecule has 9 heteroatoms. The number of hydrogen-bond donors (Lipinski definition) is 2. The molecule has 1 aliphatic rings. The van der Waals surface area contributed by atoms with Crippen LogP contribution in [0, 0.1) is 5.92 Å². The average molecular weight is 493 g/mol. The Hall–Kier alpha value is -3.33. The van der Waals surface area contributed by atoms with Crippen LogP contribution < -0.4 is 5.73 Å². The molecule has 0 aromatic carbocycles. The lowest BCUT2D eigenvalue weighted by Crippen LogP contribution is -2.21. The number of carboxylic acids is 1. The number of carboxylic acid groups (broad SMARTS) is 1. The molecule has 0 radical (unpaired) electrons. The third-order valence-electron chi connectivity index (χ3n) is 6.16. The van der Waals surface area contributed by atoms with E-state index >= 15 is 0 Å². The number of aromatic nitrogens is 5. The maximum atomic E-state index is 11.3. The first-order valence-corrected chi connectivity index (χ1v) is 11.2. The number of aliphatic carboxylic acids is 1. The minimum Gasteiger partial charge on any atom is -0.481 e. The van der Waals surface area contributed by atoms with Gasteiger partial charge in [0.05, 0.1) is 28.0 Å². The first-order chi connectivity index (χ1) is 15.5. The fourth-order valence-electron chi connectivity index (χ4n) is 4.35. The molecule has 4 aromatic heterocycles. The molecular formula is C23H21BrN6O2. The number of nitrogens with zero attached hydrogens (tertiary/aromatic N) is 5. The molecule has 1 fully saturated rings. The summed E-state index contributed by atoms with van der Waals surface area (Å²) in [6, 6.07) is 7.80. The second kappa shape index (κ2) is 8.31. The molecule has 1 aliphatic carbocycles. The molecule has 5 rings (SSSR count). The highest BCUT2D eigenvalue weighted by molar-refractivity contribution is 9.10. The van der Waals surface area contributed by atoms with Crippen LogP contribution in [0.3, 0.4) is 0 Å². The van der Waals surface area contributed by atoms with E-state index < -0.39 is 5.97 Å². The summed E-state index contributed by atoms with van der Waals surface area (Å²) in [6.45, 7) is 0. The molecule has 0 atom stereocenters. The van der Waals surface area contributed by atoms with Gasteiger partial charge >= 0.3 is 5.97 Å². The van der Waals surface area contributed by atoms with E-state index in [1.165, 1.54) is 0 Å². The zero-order valence-electron chi connectivity index (χ0n) is 17.1. The van der Waals surface area contributed by atoms with Crippen molar-refractivity contribution in [3.05, 3.63) is 59.2 Å². The number of pyridine rings is 2. The molecule has 0 unspecified atom stereocenters. The molecule has 0 spiro atoms. The third-order valence-corrected chi connectivity index (χ3v) is 6.97. The van der Waals surface area contributed by atoms with Crippen LogP contribution >= 0.6 is 15.9 Å². The van der Waals surface area contributed by atoms with Crippen LogP contribution in [-0.2, 0) is 4.79 Å². The number of carbonyl (C=O) groups is 1. The van der Waals surface area contributed by atoms with Gasteiger partial charge in [0, 0.05) is 41.2 Å². The smallest absolute Gasteiger partial charge is 0.306 e. The van der Waals surface area contributed by atoms with E-state index in [9.17, 15) is 9.90 Å². The van der Waals surface area contributed by atoms with Crippen molar-refractivity contribution in [3.8, 4) is 22.4 Å². The third kappa shape index (κ3) is 3.62. The first kappa shape index (κ1) is 20.6. The monoisotopic (exact) mass is 492 g/mol. The fraction of sp³-hybridized carbons (Fsp3) is 0.261. The highest BCUT2D eigenvalue weighted by atomic mass is 79.9. The normalized spacial score (nSPS) is 18.7. The average Bonchev–Trinajstić information content (AvgIpc) is 3.26. The van der Waals surface area contributed by atoms with Crippen molar-refractivity contribution in [1.82, 2.24) is 24.6 Å². The minimum atomic E-state index is -0.716. The molecule has 4 aromatic rings. The molecule has 0 bridgehead atoms. The number of nitrogens with two attached hydrogens (primary N) is 1. The molecule has 3 N–H and O–H groups in total. The summed E-state index contributed by atoms with van der Waals surface area (Å²) in [6.07, 6.45) is 9.87. The summed E-state index contributed by atoms with van der Waals surface area (Å²) in [5.74, 6) is -0.354. The Labute approximate surface area is 192 Å². The SMILES string of the molecule is Nc1c(Br)c(C2CCC(C(=O)O)CC2)nc2c(-c3ccc(-c4ccncc4)nc3)cnn12. The molecule has 8 nitrogen and oxygen atoms in total. The number of anilines is 1. The van der Waals surface area contributed by atoms with Gasteiger partial charge in [-0.05, 0) is 59.8 Å². The number of nitrogen functional groups attached to an aromatic ring is 1. The van der Waals surface area contributed by atoms with Gasteiger partial charge < -0.3 is 10.8 Å². The van der Waals surface area contributed by atoms with E-state index in [4.69, 9.17) is 10.7 Å². The second-order valence-electron chi connectivity index (χ2n) is 8.04. The number of halogens is 1. The van der Waals surface area contributed by atoms with E-state index in [1.54, 1.807) is 23.1 Å². The lowest BCUT2D eigenvalue weighted by atomic mass is 9.80. The lowest BCUT2D eigenvalue weighted by molar-refractivity contribution is -0.142. The van der Waals surface area contributed by atoms with E-state index in [-0.39, 0.29) is 11.8 Å². The quantitative estimate of drug-likeness (QED) is 0.428. The van der Waals surface area contributed by atoms with Crippen LogP contribution in [0.2, 0.25) is 0 Å². The van der Waals surface area contributed by atoms with Gasteiger partial charge in [-0.25, -0.2) is 4.98 Å². The van der Waals surface area contributed by atoms with E-state index in [2.05, 4.69) is 31.0 Å². The summed E-state index contributed by atoms with van der Waals surface area (Å²) in [7, 11) is 0. The second-order valence-corrected chi connectivity index (χ2v) is 8.84. The van der Waals surface area contributed by atoms with Crippen molar-refractivity contribution < 1.29 is 9.90 Å². The zero-order chi connectivity index (χ0) is 22.2. The Balaban J connectivity index is 1.51. The van der Waals surface area contributed by atoms with Crippen LogP contribution in [-0.4, -0.2) is 35.6 Å². The Kier molecular flexibility index (Phi) is 5.34. The van der Waals surface area contributed by atoms with Gasteiger partial charge in [-0.1, -0.05) is 6.07 Å². The van der Waals surface area contributed by atoms with Crippen molar-refractivity contribution in [3.63, 3.8) is 0 Å². The van der Waals surface area contributed by atoms with Gasteiger partial charge in [-0.2, -0.15) is 9.61 Å².